The lowest BCUT2D eigenvalue weighted by Crippen LogP contribution is -2.55. The summed E-state index contributed by atoms with van der Waals surface area (Å²) in [5.41, 5.74) is 2.27. The Morgan fingerprint density at radius 2 is 2.05 bits per heavy atom. The summed E-state index contributed by atoms with van der Waals surface area (Å²) in [7, 11) is 4.02. The quantitative estimate of drug-likeness (QED) is 0.711. The van der Waals surface area contributed by atoms with Crippen LogP contribution in [-0.4, -0.2) is 45.7 Å². The molecule has 1 aliphatic rings. The summed E-state index contributed by atoms with van der Waals surface area (Å²) >= 11 is 0. The van der Waals surface area contributed by atoms with Crippen molar-refractivity contribution in [1.82, 2.24) is 16.0 Å². The molecular formula is C14H22N4O. The van der Waals surface area contributed by atoms with Gasteiger partial charge in [-0.25, -0.2) is 0 Å². The molecule has 19 heavy (non-hydrogen) atoms. The fourth-order valence-corrected chi connectivity index (χ4v) is 2.06. The van der Waals surface area contributed by atoms with E-state index in [0.717, 1.165) is 24.3 Å². The molecule has 0 saturated carbocycles. The number of carbonyl (C=O) groups excluding carboxylic acids is 1. The van der Waals surface area contributed by atoms with Gasteiger partial charge in [-0.15, -0.1) is 0 Å². The summed E-state index contributed by atoms with van der Waals surface area (Å²) in [6.07, 6.45) is 0. The lowest BCUT2D eigenvalue weighted by atomic mass is 10.2. The summed E-state index contributed by atoms with van der Waals surface area (Å²) in [6, 6.07) is 8.09. The molecule has 2 rings (SSSR count). The van der Waals surface area contributed by atoms with E-state index in [-0.39, 0.29) is 11.9 Å². The fraction of sp³-hybridized carbons (Fsp3) is 0.500. The van der Waals surface area contributed by atoms with E-state index in [2.05, 4.69) is 33.0 Å². The molecule has 0 aliphatic carbocycles. The van der Waals surface area contributed by atoms with Crippen molar-refractivity contribution in [2.24, 2.45) is 0 Å². The second kappa shape index (κ2) is 6.54. The molecule has 0 bridgehead atoms. The van der Waals surface area contributed by atoms with Crippen LogP contribution in [0.5, 0.6) is 0 Å². The first-order chi connectivity index (χ1) is 9.16. The van der Waals surface area contributed by atoms with Gasteiger partial charge in [0.15, 0.2) is 0 Å². The standard InChI is InChI=1S/C14H22N4O/c1-18(2)12-5-3-11(4-6-12)9-17-14(19)13-10-15-7-8-16-13/h3-6,13,15-16H,7-10H2,1-2H3,(H,17,19). The van der Waals surface area contributed by atoms with Crippen LogP contribution in [0.1, 0.15) is 5.56 Å². The van der Waals surface area contributed by atoms with E-state index in [1.165, 1.54) is 0 Å². The highest BCUT2D eigenvalue weighted by molar-refractivity contribution is 5.82. The number of hydrogen-bond acceptors (Lipinski definition) is 4. The zero-order chi connectivity index (χ0) is 13.7. The second-order valence-corrected chi connectivity index (χ2v) is 4.99. The van der Waals surface area contributed by atoms with Gasteiger partial charge in [0.1, 0.15) is 0 Å². The maximum absolute atomic E-state index is 11.9. The maximum atomic E-state index is 11.9. The Kier molecular flexibility index (Phi) is 4.76. The Hall–Kier alpha value is -1.59. The first-order valence-electron chi connectivity index (χ1n) is 6.65. The van der Waals surface area contributed by atoms with Crippen LogP contribution in [0.3, 0.4) is 0 Å². The van der Waals surface area contributed by atoms with Crippen LogP contribution in [0.4, 0.5) is 5.69 Å². The molecule has 104 valence electrons. The molecule has 1 aromatic carbocycles. The van der Waals surface area contributed by atoms with E-state index in [9.17, 15) is 4.79 Å². The van der Waals surface area contributed by atoms with Gasteiger partial charge < -0.3 is 20.9 Å². The van der Waals surface area contributed by atoms with Crippen LogP contribution in [0, 0.1) is 0 Å². The molecule has 0 aromatic heterocycles. The van der Waals surface area contributed by atoms with Crippen molar-refractivity contribution in [3.63, 3.8) is 0 Å². The van der Waals surface area contributed by atoms with E-state index in [1.807, 2.05) is 26.2 Å². The number of amides is 1. The third kappa shape index (κ3) is 3.94. The van der Waals surface area contributed by atoms with Gasteiger partial charge in [0.2, 0.25) is 5.91 Å². The Bertz CT molecular complexity index is 410. The Labute approximate surface area is 114 Å². The number of hydrogen-bond donors (Lipinski definition) is 3. The van der Waals surface area contributed by atoms with Crippen LogP contribution in [-0.2, 0) is 11.3 Å². The van der Waals surface area contributed by atoms with E-state index in [1.54, 1.807) is 0 Å². The van der Waals surface area contributed by atoms with Gasteiger partial charge in [0.05, 0.1) is 6.04 Å². The molecule has 5 nitrogen and oxygen atoms in total. The van der Waals surface area contributed by atoms with Crippen molar-refractivity contribution < 1.29 is 4.79 Å². The van der Waals surface area contributed by atoms with Gasteiger partial charge >= 0.3 is 0 Å². The normalized spacial score (nSPS) is 18.9. The molecule has 1 atom stereocenters. The molecule has 1 heterocycles. The molecule has 1 fully saturated rings. The Balaban J connectivity index is 1.82. The summed E-state index contributed by atoms with van der Waals surface area (Å²) in [5.74, 6) is 0.0592. The van der Waals surface area contributed by atoms with E-state index in [4.69, 9.17) is 0 Å². The topological polar surface area (TPSA) is 56.4 Å². The van der Waals surface area contributed by atoms with Crippen LogP contribution >= 0.6 is 0 Å². The number of anilines is 1. The third-order valence-corrected chi connectivity index (χ3v) is 3.28. The van der Waals surface area contributed by atoms with E-state index >= 15 is 0 Å². The zero-order valence-electron chi connectivity index (χ0n) is 11.6. The molecule has 1 saturated heterocycles. The zero-order valence-corrected chi connectivity index (χ0v) is 11.6. The lowest BCUT2D eigenvalue weighted by molar-refractivity contribution is -0.123. The summed E-state index contributed by atoms with van der Waals surface area (Å²) in [5, 5.41) is 9.37. The highest BCUT2D eigenvalue weighted by Gasteiger charge is 2.19. The van der Waals surface area contributed by atoms with Gasteiger partial charge in [0.25, 0.3) is 0 Å². The third-order valence-electron chi connectivity index (χ3n) is 3.28. The van der Waals surface area contributed by atoms with Gasteiger partial charge in [-0.05, 0) is 17.7 Å². The van der Waals surface area contributed by atoms with Crippen LogP contribution in [0.25, 0.3) is 0 Å². The van der Waals surface area contributed by atoms with Crippen LogP contribution in [0.2, 0.25) is 0 Å². The van der Waals surface area contributed by atoms with Gasteiger partial charge in [-0.3, -0.25) is 4.79 Å². The average molecular weight is 262 g/mol. The predicted molar refractivity (Wildman–Crippen MR) is 77.3 cm³/mol. The van der Waals surface area contributed by atoms with Crippen molar-refractivity contribution in [3.05, 3.63) is 29.8 Å². The number of piperazine rings is 1. The van der Waals surface area contributed by atoms with Crippen molar-refractivity contribution in [3.8, 4) is 0 Å². The van der Waals surface area contributed by atoms with Gasteiger partial charge in [-0.1, -0.05) is 12.1 Å². The maximum Gasteiger partial charge on any atom is 0.238 e. The first kappa shape index (κ1) is 13.8. The van der Waals surface area contributed by atoms with Gasteiger partial charge in [-0.2, -0.15) is 0 Å². The number of benzene rings is 1. The number of carbonyl (C=O) groups is 1. The molecule has 1 amide bonds. The molecule has 1 aromatic rings. The molecule has 0 radical (unpaired) electrons. The van der Waals surface area contributed by atoms with Crippen molar-refractivity contribution in [2.45, 2.75) is 12.6 Å². The minimum absolute atomic E-state index is 0.0592. The molecule has 0 spiro atoms. The minimum atomic E-state index is -0.116. The smallest absolute Gasteiger partial charge is 0.238 e. The first-order valence-corrected chi connectivity index (χ1v) is 6.65. The summed E-state index contributed by atoms with van der Waals surface area (Å²) in [4.78, 5) is 14.0. The van der Waals surface area contributed by atoms with E-state index in [0.29, 0.717) is 13.1 Å². The summed E-state index contributed by atoms with van der Waals surface area (Å²) < 4.78 is 0. The highest BCUT2D eigenvalue weighted by Crippen LogP contribution is 2.11. The molecule has 1 aliphatic heterocycles. The second-order valence-electron chi connectivity index (χ2n) is 4.99. The number of nitrogens with zero attached hydrogens (tertiary/aromatic N) is 1. The molecule has 5 heteroatoms. The van der Waals surface area contributed by atoms with Crippen molar-refractivity contribution in [2.75, 3.05) is 38.6 Å². The van der Waals surface area contributed by atoms with E-state index < -0.39 is 0 Å². The van der Waals surface area contributed by atoms with Crippen LogP contribution < -0.4 is 20.9 Å². The number of rotatable bonds is 4. The minimum Gasteiger partial charge on any atom is -0.378 e. The monoisotopic (exact) mass is 262 g/mol. The predicted octanol–water partition coefficient (Wildman–Crippen LogP) is -0.0698. The van der Waals surface area contributed by atoms with Crippen molar-refractivity contribution in [1.29, 1.82) is 0 Å². The summed E-state index contributed by atoms with van der Waals surface area (Å²) in [6.45, 7) is 3.04. The van der Waals surface area contributed by atoms with Crippen molar-refractivity contribution >= 4 is 11.6 Å². The van der Waals surface area contributed by atoms with Gasteiger partial charge in [0, 0.05) is 46.0 Å². The molecule has 3 N–H and O–H groups in total. The lowest BCUT2D eigenvalue weighted by Gasteiger charge is -2.23. The molecule has 1 unspecified atom stereocenters. The largest absolute Gasteiger partial charge is 0.378 e. The van der Waals surface area contributed by atoms with Crippen LogP contribution in [0.15, 0.2) is 24.3 Å². The SMILES string of the molecule is CN(C)c1ccc(CNC(=O)C2CNCCN2)cc1. The Morgan fingerprint density at radius 1 is 1.32 bits per heavy atom. The Morgan fingerprint density at radius 3 is 2.63 bits per heavy atom. The number of nitrogens with one attached hydrogen (secondary N) is 3. The molecular weight excluding hydrogens is 240 g/mol. The fourth-order valence-electron chi connectivity index (χ4n) is 2.06. The average Bonchev–Trinajstić information content (AvgIpc) is 2.46. The highest BCUT2D eigenvalue weighted by atomic mass is 16.2.